The molecule has 1 aliphatic rings. The molecule has 2 N–H and O–H groups in total. The molecule has 0 aromatic heterocycles. The van der Waals surface area contributed by atoms with Gasteiger partial charge in [0.2, 0.25) is 5.91 Å². The summed E-state index contributed by atoms with van der Waals surface area (Å²) in [6.07, 6.45) is 0.0648. The maximum Gasteiger partial charge on any atom is 0.240 e. The first-order valence-electron chi connectivity index (χ1n) is 7.44. The molecule has 1 heterocycles. The number of carbonyl (C=O) groups is 1. The fourth-order valence-electron chi connectivity index (χ4n) is 2.28. The number of nitrogens with one attached hydrogen (secondary N) is 2. The van der Waals surface area contributed by atoms with Gasteiger partial charge in [-0.3, -0.25) is 4.79 Å². The van der Waals surface area contributed by atoms with E-state index < -0.39 is 0 Å². The van der Waals surface area contributed by atoms with Crippen LogP contribution in [0.15, 0.2) is 24.3 Å². The molecule has 21 heavy (non-hydrogen) atoms. The minimum absolute atomic E-state index is 0.0234. The Morgan fingerprint density at radius 1 is 1.43 bits per heavy atom. The second-order valence-electron chi connectivity index (χ2n) is 5.54. The summed E-state index contributed by atoms with van der Waals surface area (Å²) < 4.78 is 11.1. The molecule has 1 aromatic rings. The van der Waals surface area contributed by atoms with Gasteiger partial charge in [0.1, 0.15) is 11.8 Å². The lowest BCUT2D eigenvalue weighted by molar-refractivity contribution is -0.129. The lowest BCUT2D eigenvalue weighted by Crippen LogP contribution is -2.55. The molecule has 2 atom stereocenters. The monoisotopic (exact) mass is 292 g/mol. The fraction of sp³-hybridized carbons (Fsp3) is 0.562. The van der Waals surface area contributed by atoms with Crippen LogP contribution in [-0.2, 0) is 16.1 Å². The molecule has 1 amide bonds. The third-order valence-corrected chi connectivity index (χ3v) is 3.36. The molecule has 0 unspecified atom stereocenters. The molecule has 0 bridgehead atoms. The van der Waals surface area contributed by atoms with E-state index in [9.17, 15) is 4.79 Å². The number of benzene rings is 1. The number of morpholine rings is 1. The maximum atomic E-state index is 12.1. The van der Waals surface area contributed by atoms with Crippen molar-refractivity contribution in [2.75, 3.05) is 13.2 Å². The van der Waals surface area contributed by atoms with Crippen LogP contribution in [0.2, 0.25) is 0 Å². The van der Waals surface area contributed by atoms with Gasteiger partial charge in [-0.1, -0.05) is 12.1 Å². The van der Waals surface area contributed by atoms with Crippen molar-refractivity contribution in [2.45, 2.75) is 45.6 Å². The van der Waals surface area contributed by atoms with Gasteiger partial charge >= 0.3 is 0 Å². The van der Waals surface area contributed by atoms with Gasteiger partial charge in [-0.2, -0.15) is 0 Å². The highest BCUT2D eigenvalue weighted by Gasteiger charge is 2.27. The topological polar surface area (TPSA) is 59.6 Å². The molecule has 5 nitrogen and oxygen atoms in total. The summed E-state index contributed by atoms with van der Waals surface area (Å²) in [5.74, 6) is 0.820. The molecule has 2 rings (SSSR count). The normalized spacial score (nSPS) is 22.1. The predicted octanol–water partition coefficient (Wildman–Crippen LogP) is 1.47. The first-order valence-corrected chi connectivity index (χ1v) is 7.44. The molecule has 0 spiro atoms. The van der Waals surface area contributed by atoms with Crippen LogP contribution >= 0.6 is 0 Å². The Labute approximate surface area is 126 Å². The van der Waals surface area contributed by atoms with Crippen LogP contribution in [0.25, 0.3) is 0 Å². The van der Waals surface area contributed by atoms with E-state index in [-0.39, 0.29) is 24.2 Å². The Kier molecular flexibility index (Phi) is 5.59. The highest BCUT2D eigenvalue weighted by molar-refractivity contribution is 5.82. The van der Waals surface area contributed by atoms with Gasteiger partial charge in [-0.15, -0.1) is 0 Å². The van der Waals surface area contributed by atoms with E-state index in [1.807, 2.05) is 45.0 Å². The maximum absolute atomic E-state index is 12.1. The van der Waals surface area contributed by atoms with E-state index in [0.717, 1.165) is 11.3 Å². The summed E-state index contributed by atoms with van der Waals surface area (Å²) in [6.45, 7) is 7.77. The Balaban J connectivity index is 1.83. The van der Waals surface area contributed by atoms with E-state index in [0.29, 0.717) is 19.7 Å². The summed E-state index contributed by atoms with van der Waals surface area (Å²) in [6, 6.07) is 7.50. The largest absolute Gasteiger partial charge is 0.491 e. The molecule has 1 saturated heterocycles. The van der Waals surface area contributed by atoms with Crippen molar-refractivity contribution >= 4 is 5.91 Å². The van der Waals surface area contributed by atoms with Gasteiger partial charge in [0, 0.05) is 13.1 Å². The van der Waals surface area contributed by atoms with Gasteiger partial charge in [0.15, 0.2) is 0 Å². The zero-order valence-corrected chi connectivity index (χ0v) is 12.9. The van der Waals surface area contributed by atoms with Crippen molar-refractivity contribution in [3.8, 4) is 5.75 Å². The van der Waals surface area contributed by atoms with Gasteiger partial charge in [-0.25, -0.2) is 0 Å². The molecular weight excluding hydrogens is 268 g/mol. The van der Waals surface area contributed by atoms with Crippen LogP contribution in [0, 0.1) is 0 Å². The second kappa shape index (κ2) is 7.43. The minimum Gasteiger partial charge on any atom is -0.491 e. The zero-order valence-electron chi connectivity index (χ0n) is 12.9. The third-order valence-electron chi connectivity index (χ3n) is 3.36. The van der Waals surface area contributed by atoms with Crippen LogP contribution in [0.1, 0.15) is 26.3 Å². The van der Waals surface area contributed by atoms with Crippen LogP contribution in [0.5, 0.6) is 5.75 Å². The van der Waals surface area contributed by atoms with Crippen LogP contribution in [0.3, 0.4) is 0 Å². The van der Waals surface area contributed by atoms with Crippen molar-refractivity contribution in [1.82, 2.24) is 10.6 Å². The number of carbonyl (C=O) groups excluding carboxylic acids is 1. The number of amides is 1. The van der Waals surface area contributed by atoms with Crippen molar-refractivity contribution in [3.05, 3.63) is 29.8 Å². The Morgan fingerprint density at radius 2 is 2.14 bits per heavy atom. The Bertz CT molecular complexity index is 459. The first-order chi connectivity index (χ1) is 10.1. The lowest BCUT2D eigenvalue weighted by Gasteiger charge is -2.29. The minimum atomic E-state index is -0.276. The van der Waals surface area contributed by atoms with Crippen molar-refractivity contribution < 1.29 is 14.3 Å². The second-order valence-corrected chi connectivity index (χ2v) is 5.54. The molecule has 5 heteroatoms. The Morgan fingerprint density at radius 3 is 2.76 bits per heavy atom. The number of ether oxygens (including phenoxy) is 2. The number of rotatable bonds is 5. The SMILES string of the molecule is CC(C)Oc1ccc(CNC(=O)[C@H]2NCCO[C@@H]2C)cc1. The summed E-state index contributed by atoms with van der Waals surface area (Å²) >= 11 is 0. The van der Waals surface area contributed by atoms with E-state index in [4.69, 9.17) is 9.47 Å². The summed E-state index contributed by atoms with van der Waals surface area (Å²) in [7, 11) is 0. The molecule has 0 aliphatic carbocycles. The molecular formula is C16H24N2O3. The summed E-state index contributed by atoms with van der Waals surface area (Å²) in [5.41, 5.74) is 1.05. The molecule has 0 saturated carbocycles. The van der Waals surface area contributed by atoms with Crippen molar-refractivity contribution in [1.29, 1.82) is 0 Å². The highest BCUT2D eigenvalue weighted by Crippen LogP contribution is 2.14. The summed E-state index contributed by atoms with van der Waals surface area (Å²) in [5, 5.41) is 6.12. The van der Waals surface area contributed by atoms with Gasteiger partial charge in [0.25, 0.3) is 0 Å². The Hall–Kier alpha value is -1.59. The molecule has 116 valence electrons. The van der Waals surface area contributed by atoms with Crippen LogP contribution < -0.4 is 15.4 Å². The number of hydrogen-bond donors (Lipinski definition) is 2. The van der Waals surface area contributed by atoms with E-state index in [1.165, 1.54) is 0 Å². The standard InChI is InChI=1S/C16H24N2O3/c1-11(2)21-14-6-4-13(5-7-14)10-18-16(19)15-12(3)20-9-8-17-15/h4-7,11-12,15,17H,8-10H2,1-3H3,(H,18,19)/t12-,15+/m1/s1. The van der Waals surface area contributed by atoms with Crippen LogP contribution in [0.4, 0.5) is 0 Å². The van der Waals surface area contributed by atoms with E-state index in [1.54, 1.807) is 0 Å². The first kappa shape index (κ1) is 15.8. The lowest BCUT2D eigenvalue weighted by atomic mass is 10.1. The third kappa shape index (κ3) is 4.72. The average Bonchev–Trinajstić information content (AvgIpc) is 2.46. The number of hydrogen-bond acceptors (Lipinski definition) is 4. The summed E-state index contributed by atoms with van der Waals surface area (Å²) in [4.78, 5) is 12.1. The molecule has 0 radical (unpaired) electrons. The van der Waals surface area contributed by atoms with Gasteiger partial charge in [0.05, 0.1) is 18.8 Å². The molecule has 1 aromatic carbocycles. The average molecular weight is 292 g/mol. The van der Waals surface area contributed by atoms with Gasteiger partial charge in [-0.05, 0) is 38.5 Å². The molecule has 1 fully saturated rings. The predicted molar refractivity (Wildman–Crippen MR) is 81.3 cm³/mol. The van der Waals surface area contributed by atoms with Crippen molar-refractivity contribution in [2.24, 2.45) is 0 Å². The van der Waals surface area contributed by atoms with E-state index in [2.05, 4.69) is 10.6 Å². The van der Waals surface area contributed by atoms with Crippen LogP contribution in [-0.4, -0.2) is 37.3 Å². The van der Waals surface area contributed by atoms with E-state index >= 15 is 0 Å². The van der Waals surface area contributed by atoms with Gasteiger partial charge < -0.3 is 20.1 Å². The fourth-order valence-corrected chi connectivity index (χ4v) is 2.28. The molecule has 1 aliphatic heterocycles. The smallest absolute Gasteiger partial charge is 0.240 e. The van der Waals surface area contributed by atoms with Crippen molar-refractivity contribution in [3.63, 3.8) is 0 Å². The highest BCUT2D eigenvalue weighted by atomic mass is 16.5. The quantitative estimate of drug-likeness (QED) is 0.863. The zero-order chi connectivity index (χ0) is 15.2.